The number of hydrogen-bond donors (Lipinski definition) is 1. The molecule has 1 heterocycles. The van der Waals surface area contributed by atoms with Crippen molar-refractivity contribution in [3.05, 3.63) is 33.3 Å². The van der Waals surface area contributed by atoms with Crippen LogP contribution in [0.15, 0.2) is 22.7 Å². The first-order valence-corrected chi connectivity index (χ1v) is 7.17. The van der Waals surface area contributed by atoms with Crippen molar-refractivity contribution in [3.63, 3.8) is 0 Å². The van der Waals surface area contributed by atoms with Gasteiger partial charge in [0, 0.05) is 34.7 Å². The largest absolute Gasteiger partial charge is 0.328 e. The van der Waals surface area contributed by atoms with Crippen LogP contribution in [0.3, 0.4) is 0 Å². The summed E-state index contributed by atoms with van der Waals surface area (Å²) in [5, 5.41) is 0.796. The van der Waals surface area contributed by atoms with E-state index in [2.05, 4.69) is 27.8 Å². The van der Waals surface area contributed by atoms with E-state index in [1.807, 2.05) is 18.2 Å². The predicted molar refractivity (Wildman–Crippen MR) is 76.2 cm³/mol. The summed E-state index contributed by atoms with van der Waals surface area (Å²) in [4.78, 5) is 2.47. The molecule has 1 aromatic carbocycles. The van der Waals surface area contributed by atoms with Crippen molar-refractivity contribution in [2.75, 3.05) is 6.54 Å². The van der Waals surface area contributed by atoms with Crippen molar-refractivity contribution in [2.45, 2.75) is 38.4 Å². The quantitative estimate of drug-likeness (QED) is 0.905. The van der Waals surface area contributed by atoms with Crippen LogP contribution in [0, 0.1) is 0 Å². The van der Waals surface area contributed by atoms with Gasteiger partial charge >= 0.3 is 0 Å². The summed E-state index contributed by atoms with van der Waals surface area (Å²) in [6.45, 7) is 4.26. The molecule has 0 radical (unpaired) electrons. The average molecular weight is 318 g/mol. The van der Waals surface area contributed by atoms with Gasteiger partial charge in [-0.3, -0.25) is 4.90 Å². The van der Waals surface area contributed by atoms with Gasteiger partial charge in [0.2, 0.25) is 0 Å². The number of nitrogens with two attached hydrogens (primary N) is 1. The second-order valence-electron chi connectivity index (χ2n) is 4.84. The lowest BCUT2D eigenvalue weighted by Gasteiger charge is -2.36. The lowest BCUT2D eigenvalue weighted by Crippen LogP contribution is -2.45. The molecule has 2 nitrogen and oxygen atoms in total. The Labute approximate surface area is 116 Å². The third-order valence-corrected chi connectivity index (χ3v) is 4.44. The second-order valence-corrected chi connectivity index (χ2v) is 6.13. The van der Waals surface area contributed by atoms with Crippen molar-refractivity contribution in [1.29, 1.82) is 0 Å². The number of halogens is 2. The molecule has 1 aliphatic heterocycles. The standard InChI is InChI=1S/C13H18BrClN2/c1-9-6-12(16)4-5-17(9)8-10-7-11(15)2-3-13(10)14/h2-3,7,9,12H,4-6,8,16H2,1H3. The first-order valence-electron chi connectivity index (χ1n) is 6.00. The maximum absolute atomic E-state index is 6.03. The topological polar surface area (TPSA) is 29.3 Å². The van der Waals surface area contributed by atoms with Crippen LogP contribution >= 0.6 is 27.5 Å². The molecule has 2 N–H and O–H groups in total. The van der Waals surface area contributed by atoms with E-state index in [0.717, 1.165) is 35.4 Å². The zero-order valence-corrected chi connectivity index (χ0v) is 12.3. The van der Waals surface area contributed by atoms with Crippen molar-refractivity contribution < 1.29 is 0 Å². The molecule has 2 rings (SSSR count). The first kappa shape index (κ1) is 13.3. The number of hydrogen-bond acceptors (Lipinski definition) is 2. The maximum atomic E-state index is 6.03. The van der Waals surface area contributed by atoms with Gasteiger partial charge in [0.25, 0.3) is 0 Å². The molecule has 2 atom stereocenters. The van der Waals surface area contributed by atoms with Gasteiger partial charge in [0.1, 0.15) is 0 Å². The van der Waals surface area contributed by atoms with E-state index in [9.17, 15) is 0 Å². The summed E-state index contributed by atoms with van der Waals surface area (Å²) in [6.07, 6.45) is 2.17. The Bertz CT molecular complexity index is 397. The lowest BCUT2D eigenvalue weighted by molar-refractivity contribution is 0.140. The van der Waals surface area contributed by atoms with Gasteiger partial charge in [-0.15, -0.1) is 0 Å². The lowest BCUT2D eigenvalue weighted by atomic mass is 9.98. The molecule has 0 bridgehead atoms. The smallest absolute Gasteiger partial charge is 0.0410 e. The summed E-state index contributed by atoms with van der Waals surface area (Å²) in [7, 11) is 0. The Morgan fingerprint density at radius 3 is 3.00 bits per heavy atom. The van der Waals surface area contributed by atoms with Gasteiger partial charge in [-0.05, 0) is 43.5 Å². The van der Waals surface area contributed by atoms with Crippen LogP contribution in [-0.2, 0) is 6.54 Å². The van der Waals surface area contributed by atoms with Crippen LogP contribution < -0.4 is 5.73 Å². The molecule has 0 aliphatic carbocycles. The maximum Gasteiger partial charge on any atom is 0.0410 e. The monoisotopic (exact) mass is 316 g/mol. The third kappa shape index (κ3) is 3.44. The highest BCUT2D eigenvalue weighted by Gasteiger charge is 2.23. The molecule has 1 aromatic rings. The summed E-state index contributed by atoms with van der Waals surface area (Å²) in [5.74, 6) is 0. The molecule has 94 valence electrons. The van der Waals surface area contributed by atoms with Crippen LogP contribution in [0.25, 0.3) is 0 Å². The summed E-state index contributed by atoms with van der Waals surface area (Å²) >= 11 is 9.61. The minimum absolute atomic E-state index is 0.365. The highest BCUT2D eigenvalue weighted by Crippen LogP contribution is 2.25. The predicted octanol–water partition coefficient (Wildman–Crippen LogP) is 3.41. The Morgan fingerprint density at radius 2 is 2.29 bits per heavy atom. The molecule has 2 unspecified atom stereocenters. The van der Waals surface area contributed by atoms with E-state index in [0.29, 0.717) is 12.1 Å². The number of likely N-dealkylation sites (tertiary alicyclic amines) is 1. The fourth-order valence-electron chi connectivity index (χ4n) is 2.38. The summed E-state index contributed by atoms with van der Waals surface area (Å²) in [5.41, 5.74) is 7.23. The zero-order valence-electron chi connectivity index (χ0n) is 10.00. The van der Waals surface area contributed by atoms with Gasteiger partial charge < -0.3 is 5.73 Å². The normalized spacial score (nSPS) is 26.1. The van der Waals surface area contributed by atoms with Crippen molar-refractivity contribution >= 4 is 27.5 Å². The average Bonchev–Trinajstić information content (AvgIpc) is 2.27. The van der Waals surface area contributed by atoms with E-state index < -0.39 is 0 Å². The van der Waals surface area contributed by atoms with E-state index in [1.54, 1.807) is 0 Å². The fraction of sp³-hybridized carbons (Fsp3) is 0.538. The van der Waals surface area contributed by atoms with E-state index in [4.69, 9.17) is 17.3 Å². The van der Waals surface area contributed by atoms with Crippen molar-refractivity contribution in [2.24, 2.45) is 5.73 Å². The van der Waals surface area contributed by atoms with Gasteiger partial charge in [0.15, 0.2) is 0 Å². The Kier molecular flexibility index (Phi) is 4.47. The van der Waals surface area contributed by atoms with E-state index >= 15 is 0 Å². The minimum atomic E-state index is 0.365. The molecule has 0 spiro atoms. The first-order chi connectivity index (χ1) is 8.06. The molecule has 1 aliphatic rings. The van der Waals surface area contributed by atoms with Gasteiger partial charge in [-0.2, -0.15) is 0 Å². The van der Waals surface area contributed by atoms with Crippen LogP contribution in [0.4, 0.5) is 0 Å². The highest BCUT2D eigenvalue weighted by molar-refractivity contribution is 9.10. The van der Waals surface area contributed by atoms with Gasteiger partial charge in [-0.25, -0.2) is 0 Å². The third-order valence-electron chi connectivity index (χ3n) is 3.44. The van der Waals surface area contributed by atoms with Crippen molar-refractivity contribution in [1.82, 2.24) is 4.90 Å². The minimum Gasteiger partial charge on any atom is -0.328 e. The molecule has 17 heavy (non-hydrogen) atoms. The molecule has 0 aromatic heterocycles. The summed E-state index contributed by atoms with van der Waals surface area (Å²) in [6, 6.07) is 6.86. The SMILES string of the molecule is CC1CC(N)CCN1Cc1cc(Cl)ccc1Br. The van der Waals surface area contributed by atoms with Crippen LogP contribution in [-0.4, -0.2) is 23.5 Å². The number of nitrogens with zero attached hydrogens (tertiary/aromatic N) is 1. The number of piperidine rings is 1. The van der Waals surface area contributed by atoms with Crippen LogP contribution in [0.2, 0.25) is 5.02 Å². The molecule has 1 fully saturated rings. The molecular formula is C13H18BrClN2. The van der Waals surface area contributed by atoms with Crippen molar-refractivity contribution in [3.8, 4) is 0 Å². The molecule has 0 saturated carbocycles. The fourth-order valence-corrected chi connectivity index (χ4v) is 2.94. The Hall–Kier alpha value is -0.0900. The van der Waals surface area contributed by atoms with E-state index in [1.165, 1.54) is 5.56 Å². The molecule has 4 heteroatoms. The Morgan fingerprint density at radius 1 is 1.53 bits per heavy atom. The number of rotatable bonds is 2. The number of benzene rings is 1. The Balaban J connectivity index is 2.07. The molecule has 1 saturated heterocycles. The molecular weight excluding hydrogens is 300 g/mol. The second kappa shape index (κ2) is 5.70. The zero-order chi connectivity index (χ0) is 12.4. The van der Waals surface area contributed by atoms with Crippen LogP contribution in [0.5, 0.6) is 0 Å². The van der Waals surface area contributed by atoms with Crippen LogP contribution in [0.1, 0.15) is 25.3 Å². The highest BCUT2D eigenvalue weighted by atomic mass is 79.9. The van der Waals surface area contributed by atoms with Gasteiger partial charge in [-0.1, -0.05) is 27.5 Å². The molecule has 0 amide bonds. The van der Waals surface area contributed by atoms with Gasteiger partial charge in [0.05, 0.1) is 0 Å². The summed E-state index contributed by atoms with van der Waals surface area (Å²) < 4.78 is 1.13. The van der Waals surface area contributed by atoms with E-state index in [-0.39, 0.29) is 0 Å².